The maximum Gasteiger partial charge on any atom is 0.404 e. The largest absolute Gasteiger partial charge is 0.404 e. The minimum absolute atomic E-state index is 0.462. The van der Waals surface area contributed by atoms with Crippen LogP contribution in [-0.2, 0) is 0 Å². The van der Waals surface area contributed by atoms with Crippen LogP contribution >= 0.6 is 0 Å². The van der Waals surface area contributed by atoms with Gasteiger partial charge in [0, 0.05) is 20.3 Å². The van der Waals surface area contributed by atoms with Crippen LogP contribution in [0.25, 0.3) is 0 Å². The van der Waals surface area contributed by atoms with Gasteiger partial charge < -0.3 is 0 Å². The van der Waals surface area contributed by atoms with Gasteiger partial charge in [0.05, 0.1) is 0 Å². The number of anilines is 1. The Labute approximate surface area is 103 Å². The number of amides is 1. The number of rotatable bonds is 5. The van der Waals surface area contributed by atoms with Crippen LogP contribution in [0.2, 0.25) is 25.7 Å². The number of nitrogens with zero attached hydrogens (tertiary/aromatic N) is 1. The van der Waals surface area contributed by atoms with E-state index in [1.54, 1.807) is 12.1 Å². The molecule has 1 aromatic rings. The number of carbonyl (C=O) groups is 1. The zero-order valence-electron chi connectivity index (χ0n) is 10.7. The van der Waals surface area contributed by atoms with Crippen LogP contribution in [0.1, 0.15) is 6.42 Å². The molecule has 0 fully saturated rings. The fourth-order valence-corrected chi connectivity index (χ4v) is 2.91. The normalized spacial score (nSPS) is 11.3. The Morgan fingerprint density at radius 1 is 1.24 bits per heavy atom. The van der Waals surface area contributed by atoms with Gasteiger partial charge in [0.2, 0.25) is 0 Å². The lowest BCUT2D eigenvalue weighted by atomic mass is 10.3. The molecule has 0 unspecified atom stereocenters. The van der Waals surface area contributed by atoms with Gasteiger partial charge in [-0.1, -0.05) is 43.9 Å². The van der Waals surface area contributed by atoms with Crippen molar-refractivity contribution in [2.24, 2.45) is 0 Å². The van der Waals surface area contributed by atoms with Crippen LogP contribution in [0.4, 0.5) is 14.9 Å². The van der Waals surface area contributed by atoms with Crippen molar-refractivity contribution in [2.75, 3.05) is 11.4 Å². The minimum Gasteiger partial charge on any atom is -0.284 e. The summed E-state index contributed by atoms with van der Waals surface area (Å²) in [6.07, 6.45) is -0.507. The Hall–Kier alpha value is -1.16. The van der Waals surface area contributed by atoms with Gasteiger partial charge in [0.25, 0.3) is 0 Å². The van der Waals surface area contributed by atoms with Gasteiger partial charge in [-0.05, 0) is 18.6 Å². The van der Waals surface area contributed by atoms with Gasteiger partial charge in [0.1, 0.15) is 0 Å². The molecule has 0 spiro atoms. The molecular weight excluding hydrogens is 233 g/mol. The zero-order valence-corrected chi connectivity index (χ0v) is 11.7. The minimum atomic E-state index is -1.37. The molecule has 0 aliphatic heterocycles. The molecule has 0 aliphatic carbocycles. The number of benzene rings is 1. The molecule has 0 heterocycles. The first-order chi connectivity index (χ1) is 7.90. The Bertz CT molecular complexity index is 361. The molecule has 17 heavy (non-hydrogen) atoms. The van der Waals surface area contributed by atoms with Gasteiger partial charge >= 0.3 is 6.16 Å². The van der Waals surface area contributed by atoms with Crippen LogP contribution in [0, 0.1) is 0 Å². The van der Waals surface area contributed by atoms with E-state index in [0.717, 1.165) is 12.5 Å². The van der Waals surface area contributed by atoms with E-state index in [4.69, 9.17) is 0 Å². The highest BCUT2D eigenvalue weighted by Crippen LogP contribution is 2.17. The number of halogens is 1. The van der Waals surface area contributed by atoms with Crippen LogP contribution in [-0.4, -0.2) is 20.8 Å². The first kappa shape index (κ1) is 13.9. The second-order valence-electron chi connectivity index (χ2n) is 5.40. The van der Waals surface area contributed by atoms with Crippen molar-refractivity contribution in [1.29, 1.82) is 0 Å². The molecule has 2 nitrogen and oxygen atoms in total. The molecule has 1 rings (SSSR count). The lowest BCUT2D eigenvalue weighted by Gasteiger charge is -2.21. The average molecular weight is 253 g/mol. The van der Waals surface area contributed by atoms with Crippen LogP contribution in [0.5, 0.6) is 0 Å². The molecule has 1 aromatic carbocycles. The predicted octanol–water partition coefficient (Wildman–Crippen LogP) is 4.31. The van der Waals surface area contributed by atoms with Gasteiger partial charge in [-0.2, -0.15) is 0 Å². The van der Waals surface area contributed by atoms with Crippen molar-refractivity contribution in [3.8, 4) is 0 Å². The third kappa shape index (κ3) is 5.13. The quantitative estimate of drug-likeness (QED) is 0.435. The average Bonchev–Trinajstić information content (AvgIpc) is 2.23. The van der Waals surface area contributed by atoms with Crippen molar-refractivity contribution >= 4 is 19.9 Å². The van der Waals surface area contributed by atoms with Crippen LogP contribution in [0.15, 0.2) is 30.3 Å². The highest BCUT2D eigenvalue weighted by molar-refractivity contribution is 6.76. The summed E-state index contributed by atoms with van der Waals surface area (Å²) in [4.78, 5) is 12.2. The SMILES string of the molecule is C[Si](C)(C)CCCN(C(=O)F)c1ccccc1. The maximum absolute atomic E-state index is 13.0. The Kier molecular flexibility index (Phi) is 4.87. The second-order valence-corrected chi connectivity index (χ2v) is 11.0. The summed E-state index contributed by atoms with van der Waals surface area (Å²) in [5, 5.41) is 0. The van der Waals surface area contributed by atoms with Crippen molar-refractivity contribution in [2.45, 2.75) is 32.1 Å². The summed E-state index contributed by atoms with van der Waals surface area (Å²) < 4.78 is 13.0. The summed E-state index contributed by atoms with van der Waals surface area (Å²) in [6, 6.07) is 10.1. The van der Waals surface area contributed by atoms with Crippen LogP contribution < -0.4 is 4.90 Å². The van der Waals surface area contributed by atoms with Crippen molar-refractivity contribution in [3.63, 3.8) is 0 Å². The second kappa shape index (κ2) is 5.96. The van der Waals surface area contributed by atoms with E-state index in [2.05, 4.69) is 19.6 Å². The van der Waals surface area contributed by atoms with E-state index in [1.165, 1.54) is 4.90 Å². The van der Waals surface area contributed by atoms with E-state index in [0.29, 0.717) is 12.2 Å². The summed E-state index contributed by atoms with van der Waals surface area (Å²) in [6.45, 7) is 7.29. The highest BCUT2D eigenvalue weighted by Gasteiger charge is 2.17. The molecule has 94 valence electrons. The van der Waals surface area contributed by atoms with Gasteiger partial charge in [-0.25, -0.2) is 4.79 Å². The Balaban J connectivity index is 2.60. The van der Waals surface area contributed by atoms with E-state index in [-0.39, 0.29) is 0 Å². The standard InChI is InChI=1S/C13H20FNOSi/c1-17(2,3)11-7-10-15(13(14)16)12-8-5-4-6-9-12/h4-6,8-9H,7,10-11H2,1-3H3. The van der Waals surface area contributed by atoms with Crippen molar-refractivity contribution in [1.82, 2.24) is 0 Å². The number of hydrogen-bond donors (Lipinski definition) is 0. The molecule has 0 aromatic heterocycles. The summed E-state index contributed by atoms with van der Waals surface area (Å²) in [5.74, 6) is 0. The predicted molar refractivity (Wildman–Crippen MR) is 73.1 cm³/mol. The van der Waals surface area contributed by atoms with Gasteiger partial charge in [-0.15, -0.1) is 4.39 Å². The lowest BCUT2D eigenvalue weighted by molar-refractivity contribution is 0.228. The number of carbonyl (C=O) groups excluding carboxylic acids is 1. The molecule has 0 saturated carbocycles. The Morgan fingerprint density at radius 2 is 1.82 bits per heavy atom. The fourth-order valence-electron chi connectivity index (χ4n) is 1.69. The van der Waals surface area contributed by atoms with Gasteiger partial charge in [0.15, 0.2) is 0 Å². The molecule has 0 radical (unpaired) electrons. The maximum atomic E-state index is 13.0. The first-order valence-electron chi connectivity index (χ1n) is 5.92. The summed E-state index contributed by atoms with van der Waals surface area (Å²) >= 11 is 0. The highest BCUT2D eigenvalue weighted by atomic mass is 28.3. The third-order valence-electron chi connectivity index (χ3n) is 2.59. The van der Waals surface area contributed by atoms with E-state index >= 15 is 0 Å². The van der Waals surface area contributed by atoms with Crippen LogP contribution in [0.3, 0.4) is 0 Å². The molecule has 1 amide bonds. The van der Waals surface area contributed by atoms with E-state index < -0.39 is 14.2 Å². The Morgan fingerprint density at radius 3 is 2.29 bits per heavy atom. The van der Waals surface area contributed by atoms with E-state index in [1.807, 2.05) is 18.2 Å². The molecule has 0 bridgehead atoms. The summed E-state index contributed by atoms with van der Waals surface area (Å²) in [5.41, 5.74) is 0.635. The lowest BCUT2D eigenvalue weighted by Crippen LogP contribution is -2.29. The van der Waals surface area contributed by atoms with Crippen molar-refractivity contribution < 1.29 is 9.18 Å². The summed E-state index contributed by atoms with van der Waals surface area (Å²) in [7, 11) is -1.12. The van der Waals surface area contributed by atoms with E-state index in [9.17, 15) is 9.18 Å². The van der Waals surface area contributed by atoms with Crippen molar-refractivity contribution in [3.05, 3.63) is 30.3 Å². The number of hydrogen-bond acceptors (Lipinski definition) is 1. The molecule has 0 N–H and O–H groups in total. The monoisotopic (exact) mass is 253 g/mol. The van der Waals surface area contributed by atoms with Gasteiger partial charge in [-0.3, -0.25) is 4.90 Å². The molecule has 4 heteroatoms. The number of para-hydroxylation sites is 1. The molecule has 0 atom stereocenters. The zero-order chi connectivity index (χ0) is 12.9. The smallest absolute Gasteiger partial charge is 0.284 e. The molecular formula is C13H20FNOSi. The third-order valence-corrected chi connectivity index (χ3v) is 4.44. The molecule has 0 saturated heterocycles. The first-order valence-corrected chi connectivity index (χ1v) is 9.63. The fraction of sp³-hybridized carbons (Fsp3) is 0.462. The molecule has 0 aliphatic rings. The topological polar surface area (TPSA) is 20.3 Å².